The zero-order valence-corrected chi connectivity index (χ0v) is 13.6. The summed E-state index contributed by atoms with van der Waals surface area (Å²) in [4.78, 5) is 0. The van der Waals surface area contributed by atoms with E-state index < -0.39 is 10.8 Å². The van der Waals surface area contributed by atoms with Gasteiger partial charge in [0.1, 0.15) is 4.58 Å². The minimum absolute atomic E-state index is 0.144. The lowest BCUT2D eigenvalue weighted by molar-refractivity contribution is 0.434. The summed E-state index contributed by atoms with van der Waals surface area (Å²) >= 11 is 1.92. The normalized spacial score (nSPS) is 38.1. The lowest BCUT2D eigenvalue weighted by Gasteiger charge is -2.36. The zero-order valence-electron chi connectivity index (χ0n) is 12.0. The van der Waals surface area contributed by atoms with Crippen molar-refractivity contribution in [2.45, 2.75) is 63.5 Å². The van der Waals surface area contributed by atoms with Crippen molar-refractivity contribution in [3.05, 3.63) is 11.1 Å². The predicted molar refractivity (Wildman–Crippen MR) is 78.7 cm³/mol. The van der Waals surface area contributed by atoms with Gasteiger partial charge in [0.05, 0.1) is 5.25 Å². The van der Waals surface area contributed by atoms with Gasteiger partial charge >= 0.3 is 0 Å². The third kappa shape index (κ3) is 2.03. The van der Waals surface area contributed by atoms with Crippen LogP contribution in [0.25, 0.3) is 0 Å². The van der Waals surface area contributed by atoms with Gasteiger partial charge in [-0.2, -0.15) is 0 Å². The van der Waals surface area contributed by atoms with Crippen molar-refractivity contribution in [1.82, 2.24) is 0 Å². The van der Waals surface area contributed by atoms with Crippen LogP contribution in [0, 0.1) is 10.8 Å². The molecule has 2 aliphatic rings. The average Bonchev–Trinajstić information content (AvgIpc) is 2.52. The molecule has 0 aromatic carbocycles. The molecule has 17 heavy (non-hydrogen) atoms. The maximum Gasteiger partial charge on any atom is 0.103 e. The van der Waals surface area contributed by atoms with E-state index in [1.165, 1.54) is 11.1 Å². The molecule has 3 heteroatoms. The largest absolute Gasteiger partial charge is 0.257 e. The molecule has 0 saturated carbocycles. The molecule has 2 bridgehead atoms. The summed E-state index contributed by atoms with van der Waals surface area (Å²) in [6, 6.07) is 0. The van der Waals surface area contributed by atoms with Crippen LogP contribution in [-0.4, -0.2) is 19.3 Å². The summed E-state index contributed by atoms with van der Waals surface area (Å²) in [5, 5.41) is 0.806. The average molecular weight is 272 g/mol. The van der Waals surface area contributed by atoms with Gasteiger partial charge in [-0.05, 0) is 22.0 Å². The van der Waals surface area contributed by atoms with E-state index in [0.717, 1.165) is 0 Å². The van der Waals surface area contributed by atoms with Crippen molar-refractivity contribution in [1.29, 1.82) is 0 Å². The molecule has 0 radical (unpaired) electrons. The molecule has 98 valence electrons. The Balaban J connectivity index is 2.61. The van der Waals surface area contributed by atoms with E-state index in [0.29, 0.717) is 10.5 Å². The fourth-order valence-electron chi connectivity index (χ4n) is 3.05. The highest BCUT2D eigenvalue weighted by molar-refractivity contribution is 8.15. The molecule has 0 N–H and O–H groups in total. The van der Waals surface area contributed by atoms with E-state index >= 15 is 0 Å². The molecular formula is C14H24OS2. The van der Waals surface area contributed by atoms with Gasteiger partial charge in [-0.25, -0.2) is 0 Å². The third-order valence-corrected chi connectivity index (χ3v) is 7.71. The highest BCUT2D eigenvalue weighted by Gasteiger charge is 2.55. The summed E-state index contributed by atoms with van der Waals surface area (Å²) in [7, 11) is -0.696. The molecule has 0 spiro atoms. The maximum absolute atomic E-state index is 12.5. The molecule has 1 fully saturated rings. The smallest absolute Gasteiger partial charge is 0.103 e. The molecule has 2 rings (SSSR count). The molecule has 0 aromatic heterocycles. The second-order valence-corrected chi connectivity index (χ2v) is 10.7. The van der Waals surface area contributed by atoms with Gasteiger partial charge in [0.2, 0.25) is 0 Å². The Kier molecular flexibility index (Phi) is 3.11. The summed E-state index contributed by atoms with van der Waals surface area (Å²) in [5.41, 5.74) is 3.24. The molecule has 4 atom stereocenters. The Morgan fingerprint density at radius 1 is 1.00 bits per heavy atom. The van der Waals surface area contributed by atoms with Crippen LogP contribution >= 0.6 is 11.8 Å². The van der Waals surface area contributed by atoms with Crippen LogP contribution in [-0.2, 0) is 10.8 Å². The fraction of sp³-hybridized carbons (Fsp3) is 0.857. The highest BCUT2D eigenvalue weighted by Crippen LogP contribution is 2.58. The first-order valence-corrected chi connectivity index (χ1v) is 8.57. The molecule has 2 aliphatic heterocycles. The predicted octanol–water partition coefficient (Wildman–Crippen LogP) is 3.97. The van der Waals surface area contributed by atoms with Gasteiger partial charge in [-0.1, -0.05) is 48.5 Å². The van der Waals surface area contributed by atoms with Gasteiger partial charge in [-0.3, -0.25) is 4.21 Å². The van der Waals surface area contributed by atoms with E-state index in [4.69, 9.17) is 0 Å². The van der Waals surface area contributed by atoms with E-state index in [2.05, 4.69) is 48.5 Å². The second kappa shape index (κ2) is 3.86. The van der Waals surface area contributed by atoms with Crippen LogP contribution < -0.4 is 0 Å². The first kappa shape index (κ1) is 13.7. The number of hydrogen-bond acceptors (Lipinski definition) is 2. The quantitative estimate of drug-likeness (QED) is 0.621. The lowest BCUT2D eigenvalue weighted by atomic mass is 9.74. The fourth-order valence-corrected chi connectivity index (χ4v) is 8.25. The summed E-state index contributed by atoms with van der Waals surface area (Å²) in [6.45, 7) is 15.8. The highest BCUT2D eigenvalue weighted by atomic mass is 32.2. The van der Waals surface area contributed by atoms with Crippen molar-refractivity contribution in [3.8, 4) is 0 Å². The molecular weight excluding hydrogens is 248 g/mol. The molecule has 1 nitrogen and oxygen atoms in total. The standard InChI is InChI=1S/C14H24OS2/c1-8-11-9(13(2,3)4)10(14(5,6)7)12(16-8)17(11)15/h8,11-12H,1-7H3. The van der Waals surface area contributed by atoms with Crippen molar-refractivity contribution in [3.63, 3.8) is 0 Å². The number of thioether (sulfide) groups is 1. The van der Waals surface area contributed by atoms with Crippen molar-refractivity contribution >= 4 is 22.6 Å². The second-order valence-electron chi connectivity index (χ2n) is 7.25. The van der Waals surface area contributed by atoms with Gasteiger partial charge in [0, 0.05) is 16.0 Å². The van der Waals surface area contributed by atoms with Gasteiger partial charge < -0.3 is 0 Å². The first-order chi connectivity index (χ1) is 7.55. The van der Waals surface area contributed by atoms with E-state index in [1.807, 2.05) is 11.8 Å². The summed E-state index contributed by atoms with van der Waals surface area (Å²) in [5.74, 6) is 0. The molecule has 4 unspecified atom stereocenters. The molecule has 0 aliphatic carbocycles. The lowest BCUT2D eigenvalue weighted by Crippen LogP contribution is -2.31. The van der Waals surface area contributed by atoms with Crippen molar-refractivity contribution < 1.29 is 4.21 Å². The van der Waals surface area contributed by atoms with Crippen LogP contribution in [0.4, 0.5) is 0 Å². The zero-order chi connectivity index (χ0) is 13.2. The summed E-state index contributed by atoms with van der Waals surface area (Å²) < 4.78 is 12.8. The molecule has 2 heterocycles. The monoisotopic (exact) mass is 272 g/mol. The van der Waals surface area contributed by atoms with Crippen molar-refractivity contribution in [2.24, 2.45) is 10.8 Å². The van der Waals surface area contributed by atoms with Gasteiger partial charge in [0.25, 0.3) is 0 Å². The van der Waals surface area contributed by atoms with E-state index in [-0.39, 0.29) is 15.4 Å². The van der Waals surface area contributed by atoms with Crippen LogP contribution in [0.15, 0.2) is 11.1 Å². The number of rotatable bonds is 0. The number of fused-ring (bicyclic) bond motifs is 2. The molecule has 0 amide bonds. The van der Waals surface area contributed by atoms with Gasteiger partial charge in [-0.15, -0.1) is 11.8 Å². The Morgan fingerprint density at radius 3 is 1.88 bits per heavy atom. The number of hydrogen-bond donors (Lipinski definition) is 0. The third-order valence-electron chi connectivity index (χ3n) is 3.65. The van der Waals surface area contributed by atoms with E-state index in [9.17, 15) is 4.21 Å². The van der Waals surface area contributed by atoms with Gasteiger partial charge in [0.15, 0.2) is 0 Å². The minimum Gasteiger partial charge on any atom is -0.257 e. The minimum atomic E-state index is -0.696. The Hall–Kier alpha value is 0.240. The van der Waals surface area contributed by atoms with Crippen LogP contribution in [0.2, 0.25) is 0 Å². The van der Waals surface area contributed by atoms with Crippen LogP contribution in [0.1, 0.15) is 48.5 Å². The summed E-state index contributed by atoms with van der Waals surface area (Å²) in [6.07, 6.45) is 0. The van der Waals surface area contributed by atoms with Crippen molar-refractivity contribution in [2.75, 3.05) is 0 Å². The first-order valence-electron chi connectivity index (χ1n) is 6.35. The topological polar surface area (TPSA) is 17.1 Å². The Morgan fingerprint density at radius 2 is 1.47 bits per heavy atom. The van der Waals surface area contributed by atoms with E-state index in [1.54, 1.807) is 0 Å². The van der Waals surface area contributed by atoms with Crippen LogP contribution in [0.5, 0.6) is 0 Å². The Bertz CT molecular complexity index is 395. The SMILES string of the molecule is CC1SC2C(C(C)(C)C)=C(C(C)(C)C)C1S2=O. The maximum atomic E-state index is 12.5. The molecule has 0 aromatic rings. The Labute approximate surface area is 112 Å². The molecule has 1 saturated heterocycles. The van der Waals surface area contributed by atoms with Crippen LogP contribution in [0.3, 0.4) is 0 Å².